The van der Waals surface area contributed by atoms with E-state index in [1.54, 1.807) is 18.2 Å². The maximum Gasteiger partial charge on any atom is 0.341 e. The summed E-state index contributed by atoms with van der Waals surface area (Å²) >= 11 is 0. The summed E-state index contributed by atoms with van der Waals surface area (Å²) in [5, 5.41) is 19.1. The monoisotopic (exact) mass is 327 g/mol. The number of carboxylic acids is 1. The molecule has 0 amide bonds. The van der Waals surface area contributed by atoms with Crippen LogP contribution in [0.2, 0.25) is 0 Å². The summed E-state index contributed by atoms with van der Waals surface area (Å²) in [7, 11) is 0. The first-order valence-corrected chi connectivity index (χ1v) is 6.87. The Hall–Kier alpha value is -3.48. The molecule has 24 heavy (non-hydrogen) atoms. The van der Waals surface area contributed by atoms with Crippen LogP contribution < -0.4 is 4.74 Å². The number of ketones is 1. The largest absolute Gasteiger partial charge is 0.482 e. The van der Waals surface area contributed by atoms with E-state index in [4.69, 9.17) is 9.84 Å². The summed E-state index contributed by atoms with van der Waals surface area (Å²) in [4.78, 5) is 32.5. The summed E-state index contributed by atoms with van der Waals surface area (Å²) in [6.07, 6.45) is 2.91. The molecule has 0 aliphatic rings. The van der Waals surface area contributed by atoms with Gasteiger partial charge in [0.25, 0.3) is 5.69 Å². The zero-order valence-corrected chi connectivity index (χ0v) is 12.4. The van der Waals surface area contributed by atoms with Crippen molar-refractivity contribution >= 4 is 23.5 Å². The van der Waals surface area contributed by atoms with Gasteiger partial charge in [-0.3, -0.25) is 14.9 Å². The van der Waals surface area contributed by atoms with Crippen molar-refractivity contribution in [2.24, 2.45) is 0 Å². The van der Waals surface area contributed by atoms with Gasteiger partial charge in [0, 0.05) is 17.7 Å². The number of carbonyl (C=O) groups excluding carboxylic acids is 1. The van der Waals surface area contributed by atoms with E-state index < -0.39 is 17.5 Å². The fourth-order valence-corrected chi connectivity index (χ4v) is 1.84. The summed E-state index contributed by atoms with van der Waals surface area (Å²) in [5.41, 5.74) is 1.06. The molecular weight excluding hydrogens is 314 g/mol. The predicted octanol–water partition coefficient (Wildman–Crippen LogP) is 2.95. The SMILES string of the molecule is O=C(O)COc1ccc(C(=O)/C=C\c2ccc([N+](=O)[O-])cc2)cc1. The van der Waals surface area contributed by atoms with Gasteiger partial charge in [0.15, 0.2) is 12.4 Å². The Bertz CT molecular complexity index is 778. The lowest BCUT2D eigenvalue weighted by atomic mass is 10.1. The molecule has 0 aliphatic carbocycles. The van der Waals surface area contributed by atoms with Crippen LogP contribution in [-0.2, 0) is 4.79 Å². The predicted molar refractivity (Wildman–Crippen MR) is 86.0 cm³/mol. The van der Waals surface area contributed by atoms with E-state index in [0.717, 1.165) is 0 Å². The van der Waals surface area contributed by atoms with Crippen LogP contribution in [0.4, 0.5) is 5.69 Å². The molecule has 7 nitrogen and oxygen atoms in total. The van der Waals surface area contributed by atoms with Crippen LogP contribution in [0.25, 0.3) is 6.08 Å². The van der Waals surface area contributed by atoms with Crippen LogP contribution in [0.3, 0.4) is 0 Å². The number of allylic oxidation sites excluding steroid dienone is 1. The van der Waals surface area contributed by atoms with Crippen LogP contribution in [0.15, 0.2) is 54.6 Å². The third kappa shape index (κ3) is 4.77. The first-order valence-electron chi connectivity index (χ1n) is 6.87. The molecule has 0 radical (unpaired) electrons. The number of ether oxygens (including phenoxy) is 1. The fourth-order valence-electron chi connectivity index (χ4n) is 1.84. The maximum absolute atomic E-state index is 12.0. The number of rotatable bonds is 7. The van der Waals surface area contributed by atoms with Crippen molar-refractivity contribution in [3.63, 3.8) is 0 Å². The lowest BCUT2D eigenvalue weighted by Crippen LogP contribution is -2.09. The number of hydrogen-bond donors (Lipinski definition) is 1. The molecule has 0 spiro atoms. The van der Waals surface area contributed by atoms with Gasteiger partial charge in [-0.2, -0.15) is 0 Å². The van der Waals surface area contributed by atoms with E-state index in [0.29, 0.717) is 16.9 Å². The van der Waals surface area contributed by atoms with Crippen molar-refractivity contribution in [2.75, 3.05) is 6.61 Å². The molecule has 0 aliphatic heterocycles. The van der Waals surface area contributed by atoms with E-state index in [2.05, 4.69) is 0 Å². The van der Waals surface area contributed by atoms with E-state index in [9.17, 15) is 19.7 Å². The molecule has 0 heterocycles. The Kier molecular flexibility index (Phi) is 5.40. The molecular formula is C17H13NO6. The summed E-state index contributed by atoms with van der Waals surface area (Å²) in [5.74, 6) is -0.979. The summed E-state index contributed by atoms with van der Waals surface area (Å²) in [6, 6.07) is 11.9. The van der Waals surface area contributed by atoms with Gasteiger partial charge >= 0.3 is 5.97 Å². The average Bonchev–Trinajstić information content (AvgIpc) is 2.58. The number of carbonyl (C=O) groups is 2. The smallest absolute Gasteiger partial charge is 0.341 e. The molecule has 122 valence electrons. The molecule has 0 atom stereocenters. The number of nitro groups is 1. The first kappa shape index (κ1) is 16.9. The Balaban J connectivity index is 2.00. The molecule has 2 aromatic carbocycles. The molecule has 0 bridgehead atoms. The highest BCUT2D eigenvalue weighted by atomic mass is 16.6. The molecule has 0 saturated carbocycles. The van der Waals surface area contributed by atoms with E-state index in [1.807, 2.05) is 0 Å². The van der Waals surface area contributed by atoms with Gasteiger partial charge in [-0.15, -0.1) is 0 Å². The lowest BCUT2D eigenvalue weighted by Gasteiger charge is -2.03. The van der Waals surface area contributed by atoms with E-state index in [1.165, 1.54) is 42.5 Å². The highest BCUT2D eigenvalue weighted by molar-refractivity contribution is 6.06. The molecule has 2 rings (SSSR count). The average molecular weight is 327 g/mol. The Morgan fingerprint density at radius 2 is 1.71 bits per heavy atom. The number of hydrogen-bond acceptors (Lipinski definition) is 5. The zero-order valence-electron chi connectivity index (χ0n) is 12.4. The Labute approximate surface area is 137 Å². The third-order valence-electron chi connectivity index (χ3n) is 3.03. The van der Waals surface area contributed by atoms with Gasteiger partial charge in [0.2, 0.25) is 0 Å². The minimum atomic E-state index is -1.08. The second-order valence-corrected chi connectivity index (χ2v) is 4.75. The highest BCUT2D eigenvalue weighted by Crippen LogP contribution is 2.15. The molecule has 0 saturated heterocycles. The lowest BCUT2D eigenvalue weighted by molar-refractivity contribution is -0.384. The fraction of sp³-hybridized carbons (Fsp3) is 0.0588. The van der Waals surface area contributed by atoms with Crippen LogP contribution in [0.1, 0.15) is 15.9 Å². The summed E-state index contributed by atoms with van der Waals surface area (Å²) < 4.78 is 4.98. The van der Waals surface area contributed by atoms with Crippen LogP contribution in [-0.4, -0.2) is 28.4 Å². The molecule has 1 N–H and O–H groups in total. The topological polar surface area (TPSA) is 107 Å². The second kappa shape index (κ2) is 7.68. The quantitative estimate of drug-likeness (QED) is 0.362. The van der Waals surface area contributed by atoms with Gasteiger partial charge in [-0.25, -0.2) is 4.79 Å². The number of non-ortho nitro benzene ring substituents is 1. The number of nitro benzene ring substituents is 1. The van der Waals surface area contributed by atoms with E-state index >= 15 is 0 Å². The minimum Gasteiger partial charge on any atom is -0.482 e. The van der Waals surface area contributed by atoms with Crippen molar-refractivity contribution in [1.29, 1.82) is 0 Å². The molecule has 7 heteroatoms. The standard InChI is InChI=1S/C17H13NO6/c19-16(10-3-12-1-6-14(7-2-12)18(22)23)13-4-8-15(9-5-13)24-11-17(20)21/h1-10H,11H2,(H,20,21)/b10-3-. The third-order valence-corrected chi connectivity index (χ3v) is 3.03. The van der Waals surface area contributed by atoms with Gasteiger partial charge in [0.05, 0.1) is 4.92 Å². The van der Waals surface area contributed by atoms with Crippen molar-refractivity contribution in [3.05, 3.63) is 75.8 Å². The van der Waals surface area contributed by atoms with Crippen LogP contribution in [0, 0.1) is 10.1 Å². The number of aliphatic carboxylic acids is 1. The Morgan fingerprint density at radius 1 is 1.08 bits per heavy atom. The highest BCUT2D eigenvalue weighted by Gasteiger charge is 2.05. The minimum absolute atomic E-state index is 0.0181. The van der Waals surface area contributed by atoms with Crippen molar-refractivity contribution in [3.8, 4) is 5.75 Å². The van der Waals surface area contributed by atoms with Gasteiger partial charge in [-0.1, -0.05) is 6.08 Å². The van der Waals surface area contributed by atoms with Crippen molar-refractivity contribution in [2.45, 2.75) is 0 Å². The summed E-state index contributed by atoms with van der Waals surface area (Å²) in [6.45, 7) is -0.451. The van der Waals surface area contributed by atoms with Gasteiger partial charge < -0.3 is 9.84 Å². The number of nitrogens with zero attached hydrogens (tertiary/aromatic N) is 1. The maximum atomic E-state index is 12.0. The number of carboxylic acid groups (broad SMARTS) is 1. The van der Waals surface area contributed by atoms with E-state index in [-0.39, 0.29) is 11.5 Å². The molecule has 0 unspecified atom stereocenters. The number of benzene rings is 2. The molecule has 0 aromatic heterocycles. The molecule has 2 aromatic rings. The van der Waals surface area contributed by atoms with Crippen molar-refractivity contribution < 1.29 is 24.4 Å². The van der Waals surface area contributed by atoms with Gasteiger partial charge in [0.1, 0.15) is 5.75 Å². The van der Waals surface area contributed by atoms with Gasteiger partial charge in [-0.05, 0) is 48.0 Å². The normalized spacial score (nSPS) is 10.5. The van der Waals surface area contributed by atoms with Crippen LogP contribution >= 0.6 is 0 Å². The molecule has 0 fully saturated rings. The Morgan fingerprint density at radius 3 is 2.25 bits per heavy atom. The van der Waals surface area contributed by atoms with Crippen LogP contribution in [0.5, 0.6) is 5.75 Å². The first-order chi connectivity index (χ1) is 11.5. The van der Waals surface area contributed by atoms with Crippen molar-refractivity contribution in [1.82, 2.24) is 0 Å². The second-order valence-electron chi connectivity index (χ2n) is 4.75. The zero-order chi connectivity index (χ0) is 17.5.